The highest BCUT2D eigenvalue weighted by molar-refractivity contribution is 7.79. The molecule has 1 nitrogen and oxygen atoms in total. The molecule has 1 unspecified atom stereocenters. The number of allylic oxidation sites excluding steroid dienone is 3. The van der Waals surface area contributed by atoms with Gasteiger partial charge in [-0.05, 0) is 29.9 Å². The van der Waals surface area contributed by atoms with E-state index in [0.29, 0.717) is 6.42 Å². The minimum Gasteiger partial charge on any atom is -0.295 e. The maximum Gasteiger partial charge on any atom is 0.158 e. The average Bonchev–Trinajstić information content (AvgIpc) is 2.10. The minimum atomic E-state index is 0.190. The molecule has 0 aromatic carbocycles. The third kappa shape index (κ3) is 2.59. The lowest BCUT2D eigenvalue weighted by Crippen LogP contribution is -2.12. The maximum absolute atomic E-state index is 11.5. The molecule has 0 heterocycles. The average molecular weight is 194 g/mol. The fourth-order valence-corrected chi connectivity index (χ4v) is 1.79. The molecule has 1 rings (SSSR count). The van der Waals surface area contributed by atoms with E-state index in [9.17, 15) is 4.79 Å². The van der Waals surface area contributed by atoms with E-state index in [2.05, 4.69) is 12.7 Å². The van der Waals surface area contributed by atoms with Crippen LogP contribution in [-0.4, -0.2) is 11.2 Å². The first-order valence-corrected chi connectivity index (χ1v) is 4.98. The number of thiocarbonyl (C=S) groups is 1. The second-order valence-corrected chi connectivity index (χ2v) is 3.73. The van der Waals surface area contributed by atoms with Crippen molar-refractivity contribution in [2.75, 3.05) is 0 Å². The largest absolute Gasteiger partial charge is 0.295 e. The standard InChI is InChI=1S/C11H14OS/c1-8-4-3-5-10(7-13)9(2)6-11(8)12/h5,7,9H,1,3-4,6H2,2H3/b10-5-. The molecule has 0 fully saturated rings. The topological polar surface area (TPSA) is 17.1 Å². The molecule has 2 heteroatoms. The van der Waals surface area contributed by atoms with Crippen LogP contribution in [0.4, 0.5) is 0 Å². The second kappa shape index (κ2) is 4.47. The summed E-state index contributed by atoms with van der Waals surface area (Å²) in [5.41, 5.74) is 1.88. The number of ketones is 1. The Morgan fingerprint density at radius 3 is 3.00 bits per heavy atom. The summed E-state index contributed by atoms with van der Waals surface area (Å²) in [6.45, 7) is 5.80. The summed E-state index contributed by atoms with van der Waals surface area (Å²) in [5.74, 6) is 0.442. The van der Waals surface area contributed by atoms with Gasteiger partial charge in [0.05, 0.1) is 0 Å². The molecule has 0 amide bonds. The van der Waals surface area contributed by atoms with Gasteiger partial charge in [0.25, 0.3) is 0 Å². The smallest absolute Gasteiger partial charge is 0.158 e. The normalized spacial score (nSPS) is 28.7. The zero-order valence-corrected chi connectivity index (χ0v) is 8.69. The van der Waals surface area contributed by atoms with Crippen LogP contribution in [0.1, 0.15) is 26.2 Å². The predicted molar refractivity (Wildman–Crippen MR) is 58.9 cm³/mol. The first kappa shape index (κ1) is 10.3. The van der Waals surface area contributed by atoms with Crippen LogP contribution in [0.25, 0.3) is 0 Å². The van der Waals surface area contributed by atoms with Crippen LogP contribution in [0, 0.1) is 5.92 Å². The van der Waals surface area contributed by atoms with Crippen LogP contribution in [0.3, 0.4) is 0 Å². The fourth-order valence-electron chi connectivity index (χ4n) is 1.46. The van der Waals surface area contributed by atoms with Gasteiger partial charge in [0.1, 0.15) is 0 Å². The lowest BCUT2D eigenvalue weighted by Gasteiger charge is -2.15. The van der Waals surface area contributed by atoms with Gasteiger partial charge < -0.3 is 0 Å². The van der Waals surface area contributed by atoms with Crippen molar-refractivity contribution in [2.45, 2.75) is 26.2 Å². The number of hydrogen-bond donors (Lipinski definition) is 0. The summed E-state index contributed by atoms with van der Waals surface area (Å²) in [4.78, 5) is 11.5. The summed E-state index contributed by atoms with van der Waals surface area (Å²) in [6.07, 6.45) is 4.34. The molecular formula is C11H14OS. The third-order valence-electron chi connectivity index (χ3n) is 2.42. The highest BCUT2D eigenvalue weighted by atomic mass is 32.1. The minimum absolute atomic E-state index is 0.190. The number of carbonyl (C=O) groups is 1. The highest BCUT2D eigenvalue weighted by Gasteiger charge is 2.16. The van der Waals surface area contributed by atoms with E-state index in [1.807, 2.05) is 6.92 Å². The number of Topliss-reactive ketones (excluding diaryl/α,β-unsaturated/α-hetero) is 1. The lowest BCUT2D eigenvalue weighted by molar-refractivity contribution is -0.116. The molecule has 1 aliphatic rings. The molecule has 1 aliphatic carbocycles. The van der Waals surface area contributed by atoms with Crippen molar-refractivity contribution in [1.82, 2.24) is 0 Å². The van der Waals surface area contributed by atoms with Crippen molar-refractivity contribution < 1.29 is 4.79 Å². The maximum atomic E-state index is 11.5. The molecule has 0 radical (unpaired) electrons. The Morgan fingerprint density at radius 1 is 1.69 bits per heavy atom. The zero-order chi connectivity index (χ0) is 9.84. The van der Waals surface area contributed by atoms with Crippen LogP contribution in [0.5, 0.6) is 0 Å². The molecule has 13 heavy (non-hydrogen) atoms. The molecule has 0 aromatic rings. The van der Waals surface area contributed by atoms with Gasteiger partial charge in [-0.15, -0.1) is 0 Å². The Hall–Kier alpha value is -0.760. The number of carbonyl (C=O) groups excluding carboxylic acids is 1. The molecule has 0 saturated heterocycles. The summed E-state index contributed by atoms with van der Waals surface area (Å²) in [7, 11) is 0. The van der Waals surface area contributed by atoms with Crippen LogP contribution < -0.4 is 0 Å². The Morgan fingerprint density at radius 2 is 2.38 bits per heavy atom. The molecular weight excluding hydrogens is 180 g/mol. The van der Waals surface area contributed by atoms with E-state index in [4.69, 9.17) is 12.2 Å². The molecule has 0 N–H and O–H groups in total. The van der Waals surface area contributed by atoms with Gasteiger partial charge in [-0.3, -0.25) is 4.79 Å². The van der Waals surface area contributed by atoms with Gasteiger partial charge in [-0.2, -0.15) is 0 Å². The van der Waals surface area contributed by atoms with E-state index in [-0.39, 0.29) is 11.7 Å². The van der Waals surface area contributed by atoms with Crippen LogP contribution in [0.15, 0.2) is 23.8 Å². The van der Waals surface area contributed by atoms with E-state index in [0.717, 1.165) is 24.0 Å². The van der Waals surface area contributed by atoms with Crippen LogP contribution >= 0.6 is 12.2 Å². The Balaban J connectivity index is 2.83. The molecule has 0 aliphatic heterocycles. The zero-order valence-electron chi connectivity index (χ0n) is 7.88. The SMILES string of the molecule is C=C1CC/C=C(/C=S)C(C)CC1=O. The summed E-state index contributed by atoms with van der Waals surface area (Å²) in [6, 6.07) is 0. The molecule has 0 spiro atoms. The fraction of sp³-hybridized carbons (Fsp3) is 0.455. The number of hydrogen-bond acceptors (Lipinski definition) is 2. The van der Waals surface area contributed by atoms with Crippen LogP contribution in [-0.2, 0) is 4.79 Å². The van der Waals surface area contributed by atoms with Gasteiger partial charge >= 0.3 is 0 Å². The molecule has 0 bridgehead atoms. The Bertz CT molecular complexity index is 276. The van der Waals surface area contributed by atoms with E-state index >= 15 is 0 Å². The van der Waals surface area contributed by atoms with Gasteiger partial charge in [-0.1, -0.05) is 31.8 Å². The molecule has 0 saturated carbocycles. The lowest BCUT2D eigenvalue weighted by atomic mass is 9.89. The second-order valence-electron chi connectivity index (χ2n) is 3.49. The van der Waals surface area contributed by atoms with Crippen molar-refractivity contribution in [2.24, 2.45) is 5.92 Å². The van der Waals surface area contributed by atoms with Gasteiger partial charge in [0.2, 0.25) is 0 Å². The van der Waals surface area contributed by atoms with Crippen molar-refractivity contribution >= 4 is 23.4 Å². The van der Waals surface area contributed by atoms with Gasteiger partial charge in [0.15, 0.2) is 5.78 Å². The van der Waals surface area contributed by atoms with E-state index in [1.165, 1.54) is 0 Å². The highest BCUT2D eigenvalue weighted by Crippen LogP contribution is 2.21. The predicted octanol–water partition coefficient (Wildman–Crippen LogP) is 2.86. The van der Waals surface area contributed by atoms with Crippen molar-refractivity contribution in [1.29, 1.82) is 0 Å². The van der Waals surface area contributed by atoms with Crippen molar-refractivity contribution in [3.05, 3.63) is 23.8 Å². The monoisotopic (exact) mass is 194 g/mol. The number of rotatable bonds is 1. The first-order chi connectivity index (χ1) is 6.15. The third-order valence-corrected chi connectivity index (χ3v) is 2.69. The first-order valence-electron chi connectivity index (χ1n) is 4.51. The molecule has 70 valence electrons. The van der Waals surface area contributed by atoms with Crippen molar-refractivity contribution in [3.63, 3.8) is 0 Å². The van der Waals surface area contributed by atoms with E-state index < -0.39 is 0 Å². The molecule has 0 aromatic heterocycles. The summed E-state index contributed by atoms with van der Waals surface area (Å²) >= 11 is 4.89. The molecule has 1 atom stereocenters. The van der Waals surface area contributed by atoms with Gasteiger partial charge in [0, 0.05) is 11.8 Å². The summed E-state index contributed by atoms with van der Waals surface area (Å²) < 4.78 is 0. The van der Waals surface area contributed by atoms with Crippen molar-refractivity contribution in [3.8, 4) is 0 Å². The quantitative estimate of drug-likeness (QED) is 0.471. The Labute approximate surface area is 84.5 Å². The summed E-state index contributed by atoms with van der Waals surface area (Å²) in [5, 5.41) is 1.69. The Kier molecular flexibility index (Phi) is 3.55. The van der Waals surface area contributed by atoms with Gasteiger partial charge in [-0.25, -0.2) is 0 Å². The van der Waals surface area contributed by atoms with E-state index in [1.54, 1.807) is 5.37 Å². The van der Waals surface area contributed by atoms with Crippen LogP contribution in [0.2, 0.25) is 0 Å².